The second-order valence-corrected chi connectivity index (χ2v) is 6.02. The molecule has 0 bridgehead atoms. The van der Waals surface area contributed by atoms with Crippen molar-refractivity contribution in [3.8, 4) is 0 Å². The van der Waals surface area contributed by atoms with E-state index in [9.17, 15) is 13.2 Å². The fourth-order valence-electron chi connectivity index (χ4n) is 3.16. The molecule has 2 rings (SSSR count). The zero-order valence-electron chi connectivity index (χ0n) is 12.1. The highest BCUT2D eigenvalue weighted by atomic mass is 19.4. The molecule has 20 heavy (non-hydrogen) atoms. The second-order valence-electron chi connectivity index (χ2n) is 6.02. The Bertz CT molecular complexity index is 269. The quantitative estimate of drug-likeness (QED) is 0.837. The normalized spacial score (nSPS) is 26.9. The Hall–Kier alpha value is -0.330. The van der Waals surface area contributed by atoms with Crippen LogP contribution in [0.25, 0.3) is 0 Å². The SMILES string of the molecule is FC(F)(F)CN1CCN(CCCC2CCCCN2)CC1. The third-order valence-corrected chi connectivity index (χ3v) is 4.31. The Labute approximate surface area is 119 Å². The van der Waals surface area contributed by atoms with Gasteiger partial charge < -0.3 is 10.2 Å². The Morgan fingerprint density at radius 1 is 1.00 bits per heavy atom. The van der Waals surface area contributed by atoms with Gasteiger partial charge in [0.1, 0.15) is 0 Å². The highest BCUT2D eigenvalue weighted by molar-refractivity contribution is 4.76. The summed E-state index contributed by atoms with van der Waals surface area (Å²) in [6.45, 7) is 4.04. The Morgan fingerprint density at radius 3 is 2.30 bits per heavy atom. The molecule has 0 amide bonds. The van der Waals surface area contributed by atoms with Crippen molar-refractivity contribution in [1.29, 1.82) is 0 Å². The van der Waals surface area contributed by atoms with Crippen molar-refractivity contribution >= 4 is 0 Å². The van der Waals surface area contributed by atoms with Crippen molar-refractivity contribution < 1.29 is 13.2 Å². The second kappa shape index (κ2) is 7.61. The summed E-state index contributed by atoms with van der Waals surface area (Å²) in [6.07, 6.45) is 2.18. The molecule has 0 aromatic heterocycles. The van der Waals surface area contributed by atoms with Gasteiger partial charge in [-0.05, 0) is 38.8 Å². The van der Waals surface area contributed by atoms with Gasteiger partial charge in [-0.1, -0.05) is 6.42 Å². The molecule has 3 nitrogen and oxygen atoms in total. The molecule has 2 saturated heterocycles. The molecule has 0 aliphatic carbocycles. The molecular formula is C14H26F3N3. The lowest BCUT2D eigenvalue weighted by molar-refractivity contribution is -0.149. The first kappa shape index (κ1) is 16.0. The third kappa shape index (κ3) is 5.97. The standard InChI is InChI=1S/C14H26F3N3/c15-14(16,17)12-20-10-8-19(9-11-20)7-3-5-13-4-1-2-6-18-13/h13,18H,1-12H2. The molecular weight excluding hydrogens is 267 g/mol. The maximum Gasteiger partial charge on any atom is 0.401 e. The molecule has 1 unspecified atom stereocenters. The van der Waals surface area contributed by atoms with E-state index in [0.29, 0.717) is 19.1 Å². The minimum absolute atomic E-state index is 0.543. The van der Waals surface area contributed by atoms with E-state index in [1.165, 1.54) is 30.6 Å². The predicted octanol–water partition coefficient (Wildman–Crippen LogP) is 2.09. The number of hydrogen-bond donors (Lipinski definition) is 1. The van der Waals surface area contributed by atoms with E-state index in [4.69, 9.17) is 0 Å². The van der Waals surface area contributed by atoms with E-state index in [1.54, 1.807) is 0 Å². The zero-order valence-corrected chi connectivity index (χ0v) is 12.1. The van der Waals surface area contributed by atoms with Crippen molar-refractivity contribution in [3.05, 3.63) is 0 Å². The van der Waals surface area contributed by atoms with Crippen LogP contribution in [0.15, 0.2) is 0 Å². The van der Waals surface area contributed by atoms with E-state index in [2.05, 4.69) is 10.2 Å². The molecule has 0 radical (unpaired) electrons. The summed E-state index contributed by atoms with van der Waals surface area (Å²) in [5.74, 6) is 0. The average Bonchev–Trinajstić information content (AvgIpc) is 2.40. The topological polar surface area (TPSA) is 18.5 Å². The fraction of sp³-hybridized carbons (Fsp3) is 1.00. The maximum atomic E-state index is 12.3. The number of nitrogens with zero attached hydrogens (tertiary/aromatic N) is 2. The summed E-state index contributed by atoms with van der Waals surface area (Å²) in [6, 6.07) is 0.662. The van der Waals surface area contributed by atoms with E-state index < -0.39 is 12.7 Å². The van der Waals surface area contributed by atoms with Crippen LogP contribution in [-0.4, -0.2) is 67.8 Å². The van der Waals surface area contributed by atoms with Gasteiger partial charge in [0.2, 0.25) is 0 Å². The summed E-state index contributed by atoms with van der Waals surface area (Å²) in [4.78, 5) is 3.81. The van der Waals surface area contributed by atoms with Crippen LogP contribution in [0.4, 0.5) is 13.2 Å². The van der Waals surface area contributed by atoms with E-state index in [1.807, 2.05) is 0 Å². The number of hydrogen-bond acceptors (Lipinski definition) is 3. The number of nitrogens with one attached hydrogen (secondary N) is 1. The van der Waals surface area contributed by atoms with Gasteiger partial charge in [-0.15, -0.1) is 0 Å². The van der Waals surface area contributed by atoms with Crippen LogP contribution < -0.4 is 5.32 Å². The monoisotopic (exact) mass is 293 g/mol. The Balaban J connectivity index is 1.55. The summed E-state index contributed by atoms with van der Waals surface area (Å²) < 4.78 is 36.9. The van der Waals surface area contributed by atoms with Gasteiger partial charge in [0.25, 0.3) is 0 Å². The van der Waals surface area contributed by atoms with Gasteiger partial charge in [-0.3, -0.25) is 4.90 Å². The third-order valence-electron chi connectivity index (χ3n) is 4.31. The summed E-state index contributed by atoms with van der Waals surface area (Å²) in [7, 11) is 0. The molecule has 0 aromatic carbocycles. The van der Waals surface area contributed by atoms with E-state index in [0.717, 1.165) is 32.6 Å². The lowest BCUT2D eigenvalue weighted by atomic mass is 10.0. The Morgan fingerprint density at radius 2 is 1.70 bits per heavy atom. The van der Waals surface area contributed by atoms with E-state index >= 15 is 0 Å². The van der Waals surface area contributed by atoms with E-state index in [-0.39, 0.29) is 0 Å². The molecule has 2 fully saturated rings. The first-order valence-corrected chi connectivity index (χ1v) is 7.78. The van der Waals surface area contributed by atoms with Crippen molar-refractivity contribution in [3.63, 3.8) is 0 Å². The smallest absolute Gasteiger partial charge is 0.314 e. The minimum Gasteiger partial charge on any atom is -0.314 e. The highest BCUT2D eigenvalue weighted by Crippen LogP contribution is 2.18. The molecule has 118 valence electrons. The van der Waals surface area contributed by atoms with Gasteiger partial charge in [0.15, 0.2) is 0 Å². The molecule has 2 aliphatic heterocycles. The van der Waals surface area contributed by atoms with Crippen LogP contribution in [0.1, 0.15) is 32.1 Å². The molecule has 1 atom stereocenters. The van der Waals surface area contributed by atoms with Crippen LogP contribution in [0.5, 0.6) is 0 Å². The number of piperazine rings is 1. The van der Waals surface area contributed by atoms with Crippen molar-refractivity contribution in [2.75, 3.05) is 45.8 Å². The van der Waals surface area contributed by atoms with Crippen LogP contribution in [0.3, 0.4) is 0 Å². The molecule has 2 aliphatic rings. The summed E-state index contributed by atoms with van der Waals surface area (Å²) in [5, 5.41) is 3.54. The van der Waals surface area contributed by atoms with Crippen molar-refractivity contribution in [2.45, 2.75) is 44.3 Å². The number of halogens is 3. The van der Waals surface area contributed by atoms with Gasteiger partial charge in [-0.25, -0.2) is 0 Å². The van der Waals surface area contributed by atoms with Gasteiger partial charge in [-0.2, -0.15) is 13.2 Å². The lowest BCUT2D eigenvalue weighted by Gasteiger charge is -2.35. The first-order valence-electron chi connectivity index (χ1n) is 7.78. The predicted molar refractivity (Wildman–Crippen MR) is 73.8 cm³/mol. The number of alkyl halides is 3. The summed E-state index contributed by atoms with van der Waals surface area (Å²) >= 11 is 0. The zero-order chi connectivity index (χ0) is 14.4. The van der Waals surface area contributed by atoms with Crippen molar-refractivity contribution in [1.82, 2.24) is 15.1 Å². The lowest BCUT2D eigenvalue weighted by Crippen LogP contribution is -2.49. The van der Waals surface area contributed by atoms with Crippen LogP contribution in [0.2, 0.25) is 0 Å². The first-order chi connectivity index (χ1) is 9.53. The molecule has 6 heteroatoms. The average molecular weight is 293 g/mol. The number of piperidine rings is 1. The molecule has 0 spiro atoms. The van der Waals surface area contributed by atoms with Crippen LogP contribution in [-0.2, 0) is 0 Å². The summed E-state index contributed by atoms with van der Waals surface area (Å²) in [5.41, 5.74) is 0. The maximum absolute atomic E-state index is 12.3. The minimum atomic E-state index is -4.06. The molecule has 1 N–H and O–H groups in total. The van der Waals surface area contributed by atoms with Gasteiger partial charge in [0.05, 0.1) is 6.54 Å². The highest BCUT2D eigenvalue weighted by Gasteiger charge is 2.31. The molecule has 0 saturated carbocycles. The van der Waals surface area contributed by atoms with Gasteiger partial charge in [0, 0.05) is 32.2 Å². The van der Waals surface area contributed by atoms with Crippen LogP contribution in [0, 0.1) is 0 Å². The van der Waals surface area contributed by atoms with Crippen LogP contribution >= 0.6 is 0 Å². The fourth-order valence-corrected chi connectivity index (χ4v) is 3.16. The largest absolute Gasteiger partial charge is 0.401 e. The Kier molecular flexibility index (Phi) is 6.11. The van der Waals surface area contributed by atoms with Gasteiger partial charge >= 0.3 is 6.18 Å². The number of rotatable bonds is 5. The molecule has 2 heterocycles. The van der Waals surface area contributed by atoms with Crippen molar-refractivity contribution in [2.24, 2.45) is 0 Å². The molecule has 0 aromatic rings.